The molecule has 8 nitrogen and oxygen atoms in total. The monoisotopic (exact) mass is 364 g/mol. The number of nitrogens with one attached hydrogen (secondary N) is 1. The van der Waals surface area contributed by atoms with E-state index in [0.29, 0.717) is 10.7 Å². The third-order valence-corrected chi connectivity index (χ3v) is 4.97. The molecular formula is C14H12N4O4S2. The van der Waals surface area contributed by atoms with Crippen LogP contribution in [0.5, 0.6) is 0 Å². The molecule has 1 N–H and O–H groups in total. The molecule has 0 saturated heterocycles. The summed E-state index contributed by atoms with van der Waals surface area (Å²) < 4.78 is 29.6. The topological polar surface area (TPSA) is 115 Å². The maximum Gasteiger partial charge on any atom is 0.336 e. The van der Waals surface area contributed by atoms with Crippen LogP contribution in [0.15, 0.2) is 45.5 Å². The fraction of sp³-hybridized carbons (Fsp3) is 0.143. The predicted octanol–water partition coefficient (Wildman–Crippen LogP) is 1.91. The van der Waals surface area contributed by atoms with E-state index in [0.717, 1.165) is 5.56 Å². The average molecular weight is 364 g/mol. The number of carbonyl (C=O) groups excluding carboxylic acids is 1. The third-order valence-electron chi connectivity index (χ3n) is 2.94. The summed E-state index contributed by atoms with van der Waals surface area (Å²) in [5.74, 6) is -1.44. The van der Waals surface area contributed by atoms with Gasteiger partial charge in [0.25, 0.3) is 0 Å². The first-order valence-electron chi connectivity index (χ1n) is 6.77. The lowest BCUT2D eigenvalue weighted by atomic mass is 10.1. The van der Waals surface area contributed by atoms with Crippen LogP contribution in [0.1, 0.15) is 5.56 Å². The minimum absolute atomic E-state index is 0.0811. The summed E-state index contributed by atoms with van der Waals surface area (Å²) in [7, 11) is -4.04. The van der Waals surface area contributed by atoms with E-state index in [4.69, 9.17) is 4.42 Å². The molecule has 0 fully saturated rings. The van der Waals surface area contributed by atoms with E-state index in [2.05, 4.69) is 20.5 Å². The summed E-state index contributed by atoms with van der Waals surface area (Å²) in [6, 6.07) is 7.20. The lowest BCUT2D eigenvalue weighted by Crippen LogP contribution is -2.23. The number of aryl methyl sites for hydroxylation is 1. The molecule has 2 heterocycles. The van der Waals surface area contributed by atoms with Crippen LogP contribution in [0.2, 0.25) is 0 Å². The molecule has 0 spiro atoms. The number of carbonyl (C=O) groups is 1. The van der Waals surface area contributed by atoms with Crippen molar-refractivity contribution in [1.29, 1.82) is 0 Å². The molecule has 3 aromatic rings. The number of aromatic nitrogens is 3. The molecule has 2 aromatic heterocycles. The molecule has 1 amide bonds. The maximum absolute atomic E-state index is 12.2. The number of benzene rings is 1. The number of thiazole rings is 1. The second-order valence-corrected chi connectivity index (χ2v) is 7.65. The molecule has 0 radical (unpaired) electrons. The van der Waals surface area contributed by atoms with Crippen LogP contribution in [0.3, 0.4) is 0 Å². The number of rotatable bonds is 5. The van der Waals surface area contributed by atoms with E-state index in [1.807, 2.05) is 13.0 Å². The van der Waals surface area contributed by atoms with Gasteiger partial charge in [0.15, 0.2) is 5.13 Å². The van der Waals surface area contributed by atoms with Crippen molar-refractivity contribution in [2.45, 2.75) is 12.1 Å². The van der Waals surface area contributed by atoms with Crippen LogP contribution < -0.4 is 5.32 Å². The summed E-state index contributed by atoms with van der Waals surface area (Å²) in [6.07, 6.45) is 1.50. The van der Waals surface area contributed by atoms with Crippen molar-refractivity contribution in [3.05, 3.63) is 41.4 Å². The van der Waals surface area contributed by atoms with E-state index in [1.165, 1.54) is 17.5 Å². The van der Waals surface area contributed by atoms with Gasteiger partial charge < -0.3 is 9.73 Å². The first-order chi connectivity index (χ1) is 11.4. The molecule has 0 unspecified atom stereocenters. The molecule has 0 aliphatic heterocycles. The Morgan fingerprint density at radius 1 is 1.33 bits per heavy atom. The van der Waals surface area contributed by atoms with Gasteiger partial charge in [-0.3, -0.25) is 4.79 Å². The Bertz CT molecular complexity index is 964. The smallest absolute Gasteiger partial charge is 0.336 e. The summed E-state index contributed by atoms with van der Waals surface area (Å²) in [4.78, 5) is 15.7. The van der Waals surface area contributed by atoms with Gasteiger partial charge in [0.1, 0.15) is 5.75 Å². The lowest BCUT2D eigenvalue weighted by molar-refractivity contribution is -0.113. The van der Waals surface area contributed by atoms with Crippen LogP contribution in [-0.4, -0.2) is 35.3 Å². The zero-order valence-corrected chi connectivity index (χ0v) is 14.1. The van der Waals surface area contributed by atoms with Gasteiger partial charge in [0.2, 0.25) is 21.6 Å². The van der Waals surface area contributed by atoms with E-state index < -0.39 is 26.7 Å². The van der Waals surface area contributed by atoms with Crippen molar-refractivity contribution in [3.63, 3.8) is 0 Å². The lowest BCUT2D eigenvalue weighted by Gasteiger charge is -2.00. The first-order valence-corrected chi connectivity index (χ1v) is 9.30. The largest absolute Gasteiger partial charge is 0.408 e. The van der Waals surface area contributed by atoms with Crippen molar-refractivity contribution in [2.24, 2.45) is 0 Å². The average Bonchev–Trinajstić information content (AvgIpc) is 3.17. The van der Waals surface area contributed by atoms with Gasteiger partial charge in [-0.25, -0.2) is 13.4 Å². The molecule has 3 rings (SSSR count). The summed E-state index contributed by atoms with van der Waals surface area (Å²) in [5, 5.41) is 11.1. The van der Waals surface area contributed by atoms with Gasteiger partial charge in [0.05, 0.1) is 0 Å². The highest BCUT2D eigenvalue weighted by Crippen LogP contribution is 2.21. The van der Waals surface area contributed by atoms with Gasteiger partial charge in [-0.05, 0) is 19.1 Å². The molecule has 0 aliphatic carbocycles. The quantitative estimate of drug-likeness (QED) is 0.735. The zero-order chi connectivity index (χ0) is 17.2. The van der Waals surface area contributed by atoms with Crippen molar-refractivity contribution >= 4 is 32.2 Å². The molecule has 0 aliphatic rings. The van der Waals surface area contributed by atoms with Gasteiger partial charge in [-0.2, -0.15) is 0 Å². The Hall–Kier alpha value is -2.59. The minimum Gasteiger partial charge on any atom is -0.408 e. The second-order valence-electron chi connectivity index (χ2n) is 4.89. The molecule has 0 saturated carbocycles. The van der Waals surface area contributed by atoms with Crippen LogP contribution >= 0.6 is 11.3 Å². The SMILES string of the molecule is Cc1cccc(-c2nnc(S(=O)(=O)CC(=O)Nc3nccs3)o2)c1. The van der Waals surface area contributed by atoms with Gasteiger partial charge >= 0.3 is 5.22 Å². The van der Waals surface area contributed by atoms with Crippen molar-refractivity contribution < 1.29 is 17.6 Å². The van der Waals surface area contributed by atoms with Crippen LogP contribution in [0.25, 0.3) is 11.5 Å². The molecule has 24 heavy (non-hydrogen) atoms. The molecular weight excluding hydrogens is 352 g/mol. The number of hydrogen-bond donors (Lipinski definition) is 1. The fourth-order valence-electron chi connectivity index (χ4n) is 1.91. The van der Waals surface area contributed by atoms with Crippen molar-refractivity contribution in [1.82, 2.24) is 15.2 Å². The van der Waals surface area contributed by atoms with Crippen LogP contribution in [-0.2, 0) is 14.6 Å². The van der Waals surface area contributed by atoms with E-state index >= 15 is 0 Å². The normalized spacial score (nSPS) is 11.4. The molecule has 0 bridgehead atoms. The minimum atomic E-state index is -4.04. The van der Waals surface area contributed by atoms with Crippen LogP contribution in [0, 0.1) is 6.92 Å². The Kier molecular flexibility index (Phi) is 4.40. The number of amides is 1. The number of nitrogens with zero attached hydrogens (tertiary/aromatic N) is 3. The fourth-order valence-corrected chi connectivity index (χ4v) is 3.36. The molecule has 124 valence electrons. The Morgan fingerprint density at radius 2 is 2.17 bits per heavy atom. The Morgan fingerprint density at radius 3 is 2.88 bits per heavy atom. The Labute approximate surface area is 141 Å². The standard InChI is InChI=1S/C14H12N4O4S2/c1-9-3-2-4-10(7-9)12-17-18-14(22-12)24(20,21)8-11(19)16-13-15-5-6-23-13/h2-7H,8H2,1H3,(H,15,16,19). The molecule has 1 aromatic carbocycles. The summed E-state index contributed by atoms with van der Waals surface area (Å²) in [5.41, 5.74) is 1.58. The number of anilines is 1. The number of sulfone groups is 1. The zero-order valence-electron chi connectivity index (χ0n) is 12.5. The second kappa shape index (κ2) is 6.49. The van der Waals surface area contributed by atoms with E-state index in [-0.39, 0.29) is 5.89 Å². The summed E-state index contributed by atoms with van der Waals surface area (Å²) >= 11 is 1.19. The molecule has 0 atom stereocenters. The third kappa shape index (κ3) is 3.66. The maximum atomic E-state index is 12.2. The Balaban J connectivity index is 1.77. The van der Waals surface area contributed by atoms with Gasteiger partial charge in [0, 0.05) is 17.1 Å². The van der Waals surface area contributed by atoms with Crippen molar-refractivity contribution in [2.75, 3.05) is 11.1 Å². The highest BCUT2D eigenvalue weighted by molar-refractivity contribution is 7.91. The predicted molar refractivity (Wildman–Crippen MR) is 87.3 cm³/mol. The summed E-state index contributed by atoms with van der Waals surface area (Å²) in [6.45, 7) is 1.89. The van der Waals surface area contributed by atoms with E-state index in [1.54, 1.807) is 23.6 Å². The van der Waals surface area contributed by atoms with Crippen molar-refractivity contribution in [3.8, 4) is 11.5 Å². The number of hydrogen-bond acceptors (Lipinski definition) is 8. The highest BCUT2D eigenvalue weighted by Gasteiger charge is 2.26. The van der Waals surface area contributed by atoms with Gasteiger partial charge in [-0.15, -0.1) is 16.4 Å². The van der Waals surface area contributed by atoms with E-state index in [9.17, 15) is 13.2 Å². The first kappa shape index (κ1) is 16.3. The highest BCUT2D eigenvalue weighted by atomic mass is 32.2. The molecule has 10 heteroatoms. The van der Waals surface area contributed by atoms with Gasteiger partial charge in [-0.1, -0.05) is 22.8 Å². The van der Waals surface area contributed by atoms with Crippen LogP contribution in [0.4, 0.5) is 5.13 Å².